The molecule has 0 fully saturated rings. The zero-order chi connectivity index (χ0) is 12.8. The standard InChI is InChI=1S/C15H16N2O/c16-11-12-17(14-9-5-2-6-10-14)15(18)13-7-3-1-4-8-13/h1-10H,11-12,16H2. The number of nitrogens with two attached hydrogens (primary N) is 1. The molecule has 0 heterocycles. The van der Waals surface area contributed by atoms with Crippen molar-refractivity contribution < 1.29 is 4.79 Å². The maximum Gasteiger partial charge on any atom is 0.258 e. The minimum Gasteiger partial charge on any atom is -0.329 e. The highest BCUT2D eigenvalue weighted by Crippen LogP contribution is 2.16. The topological polar surface area (TPSA) is 46.3 Å². The van der Waals surface area contributed by atoms with E-state index in [1.165, 1.54) is 0 Å². The molecule has 0 aliphatic heterocycles. The number of rotatable bonds is 4. The first-order valence-corrected chi connectivity index (χ1v) is 5.95. The molecule has 0 aromatic heterocycles. The van der Waals surface area contributed by atoms with Crippen LogP contribution >= 0.6 is 0 Å². The summed E-state index contributed by atoms with van der Waals surface area (Å²) in [5, 5.41) is 0. The lowest BCUT2D eigenvalue weighted by atomic mass is 10.2. The minimum absolute atomic E-state index is 0.0211. The summed E-state index contributed by atoms with van der Waals surface area (Å²) in [5.74, 6) is -0.0211. The van der Waals surface area contributed by atoms with Crippen LogP contribution in [0.15, 0.2) is 60.7 Å². The van der Waals surface area contributed by atoms with E-state index in [9.17, 15) is 4.79 Å². The summed E-state index contributed by atoms with van der Waals surface area (Å²) in [6.45, 7) is 0.950. The molecule has 0 spiro atoms. The summed E-state index contributed by atoms with van der Waals surface area (Å²) in [5.41, 5.74) is 7.14. The third-order valence-electron chi connectivity index (χ3n) is 2.69. The normalized spacial score (nSPS) is 10.1. The third-order valence-corrected chi connectivity index (χ3v) is 2.69. The second-order valence-electron chi connectivity index (χ2n) is 3.95. The van der Waals surface area contributed by atoms with Gasteiger partial charge in [-0.3, -0.25) is 4.79 Å². The number of hydrogen-bond donors (Lipinski definition) is 1. The van der Waals surface area contributed by atoms with Crippen LogP contribution in [-0.4, -0.2) is 19.0 Å². The Bertz CT molecular complexity index is 496. The Labute approximate surface area is 107 Å². The first kappa shape index (κ1) is 12.3. The van der Waals surface area contributed by atoms with E-state index >= 15 is 0 Å². The molecule has 0 saturated carbocycles. The van der Waals surface area contributed by atoms with Crippen LogP contribution in [0.1, 0.15) is 10.4 Å². The van der Waals surface area contributed by atoms with Crippen molar-refractivity contribution in [1.82, 2.24) is 0 Å². The molecule has 0 radical (unpaired) electrons. The van der Waals surface area contributed by atoms with Gasteiger partial charge in [0.05, 0.1) is 0 Å². The average molecular weight is 240 g/mol. The molecule has 0 aliphatic rings. The molecular formula is C15H16N2O. The van der Waals surface area contributed by atoms with Crippen LogP contribution in [0.2, 0.25) is 0 Å². The number of carbonyl (C=O) groups is 1. The van der Waals surface area contributed by atoms with Gasteiger partial charge in [-0.1, -0.05) is 36.4 Å². The lowest BCUT2D eigenvalue weighted by Crippen LogP contribution is -2.35. The van der Waals surface area contributed by atoms with E-state index < -0.39 is 0 Å². The number of hydrogen-bond acceptors (Lipinski definition) is 2. The molecule has 0 unspecified atom stereocenters. The zero-order valence-corrected chi connectivity index (χ0v) is 10.1. The molecular weight excluding hydrogens is 224 g/mol. The van der Waals surface area contributed by atoms with Crippen molar-refractivity contribution in [3.05, 3.63) is 66.2 Å². The van der Waals surface area contributed by atoms with Gasteiger partial charge in [0.25, 0.3) is 5.91 Å². The van der Waals surface area contributed by atoms with E-state index in [0.29, 0.717) is 18.7 Å². The predicted octanol–water partition coefficient (Wildman–Crippen LogP) is 2.29. The number of anilines is 1. The van der Waals surface area contributed by atoms with E-state index in [4.69, 9.17) is 5.73 Å². The molecule has 18 heavy (non-hydrogen) atoms. The monoisotopic (exact) mass is 240 g/mol. The number of nitrogens with zero attached hydrogens (tertiary/aromatic N) is 1. The summed E-state index contributed by atoms with van der Waals surface area (Å²) in [6.07, 6.45) is 0. The van der Waals surface area contributed by atoms with E-state index in [0.717, 1.165) is 5.69 Å². The molecule has 0 atom stereocenters. The highest BCUT2D eigenvalue weighted by Gasteiger charge is 2.16. The largest absolute Gasteiger partial charge is 0.329 e. The minimum atomic E-state index is -0.0211. The number of carbonyl (C=O) groups excluding carboxylic acids is 1. The molecule has 3 nitrogen and oxygen atoms in total. The Morgan fingerprint density at radius 1 is 0.944 bits per heavy atom. The smallest absolute Gasteiger partial charge is 0.258 e. The number of amides is 1. The van der Waals surface area contributed by atoms with Crippen LogP contribution in [0.3, 0.4) is 0 Å². The molecule has 0 bridgehead atoms. The van der Waals surface area contributed by atoms with Crippen LogP contribution in [0, 0.1) is 0 Å². The number of benzene rings is 2. The number of para-hydroxylation sites is 1. The molecule has 2 rings (SSSR count). The molecule has 1 amide bonds. The van der Waals surface area contributed by atoms with Crippen molar-refractivity contribution >= 4 is 11.6 Å². The maximum atomic E-state index is 12.4. The van der Waals surface area contributed by atoms with Crippen LogP contribution in [0.25, 0.3) is 0 Å². The maximum absolute atomic E-state index is 12.4. The Morgan fingerprint density at radius 2 is 1.50 bits per heavy atom. The molecule has 3 heteroatoms. The van der Waals surface area contributed by atoms with Crippen molar-refractivity contribution in [3.8, 4) is 0 Å². The van der Waals surface area contributed by atoms with Gasteiger partial charge in [-0.15, -0.1) is 0 Å². The zero-order valence-electron chi connectivity index (χ0n) is 10.1. The fourth-order valence-corrected chi connectivity index (χ4v) is 1.82. The lowest BCUT2D eigenvalue weighted by molar-refractivity contribution is 0.0987. The van der Waals surface area contributed by atoms with E-state index in [1.54, 1.807) is 4.90 Å². The van der Waals surface area contributed by atoms with Crippen LogP contribution in [-0.2, 0) is 0 Å². The summed E-state index contributed by atoms with van der Waals surface area (Å²) in [6, 6.07) is 18.8. The van der Waals surface area contributed by atoms with Gasteiger partial charge < -0.3 is 10.6 Å². The summed E-state index contributed by atoms with van der Waals surface area (Å²) in [4.78, 5) is 14.1. The molecule has 92 valence electrons. The third kappa shape index (κ3) is 2.76. The molecule has 2 aromatic carbocycles. The van der Waals surface area contributed by atoms with Crippen molar-refractivity contribution in [2.45, 2.75) is 0 Å². The Balaban J connectivity index is 2.29. The van der Waals surface area contributed by atoms with Crippen LogP contribution in [0.5, 0.6) is 0 Å². The Kier molecular flexibility index (Phi) is 4.10. The van der Waals surface area contributed by atoms with Crippen LogP contribution in [0.4, 0.5) is 5.69 Å². The SMILES string of the molecule is NCCN(C(=O)c1ccccc1)c1ccccc1. The van der Waals surface area contributed by atoms with Crippen molar-refractivity contribution in [1.29, 1.82) is 0 Å². The first-order valence-electron chi connectivity index (χ1n) is 5.95. The highest BCUT2D eigenvalue weighted by molar-refractivity contribution is 6.06. The van der Waals surface area contributed by atoms with Gasteiger partial charge in [0.15, 0.2) is 0 Å². The molecule has 0 aliphatic carbocycles. The summed E-state index contributed by atoms with van der Waals surface area (Å²) < 4.78 is 0. The van der Waals surface area contributed by atoms with E-state index in [2.05, 4.69) is 0 Å². The fourth-order valence-electron chi connectivity index (χ4n) is 1.82. The van der Waals surface area contributed by atoms with Crippen molar-refractivity contribution in [3.63, 3.8) is 0 Å². The molecule has 2 aromatic rings. The van der Waals surface area contributed by atoms with Gasteiger partial charge in [-0.2, -0.15) is 0 Å². The predicted molar refractivity (Wildman–Crippen MR) is 73.6 cm³/mol. The lowest BCUT2D eigenvalue weighted by Gasteiger charge is -2.22. The quantitative estimate of drug-likeness (QED) is 0.891. The average Bonchev–Trinajstić information content (AvgIpc) is 2.46. The second-order valence-corrected chi connectivity index (χ2v) is 3.95. The van der Waals surface area contributed by atoms with E-state index in [1.807, 2.05) is 60.7 Å². The van der Waals surface area contributed by atoms with Gasteiger partial charge in [-0.05, 0) is 24.3 Å². The van der Waals surface area contributed by atoms with Gasteiger partial charge in [-0.25, -0.2) is 0 Å². The molecule has 2 N–H and O–H groups in total. The Hall–Kier alpha value is -2.13. The van der Waals surface area contributed by atoms with Gasteiger partial charge in [0.2, 0.25) is 0 Å². The van der Waals surface area contributed by atoms with Gasteiger partial charge >= 0.3 is 0 Å². The van der Waals surface area contributed by atoms with E-state index in [-0.39, 0.29) is 5.91 Å². The van der Waals surface area contributed by atoms with Crippen LogP contribution < -0.4 is 10.6 Å². The van der Waals surface area contributed by atoms with Crippen molar-refractivity contribution in [2.75, 3.05) is 18.0 Å². The Morgan fingerprint density at radius 3 is 2.06 bits per heavy atom. The highest BCUT2D eigenvalue weighted by atomic mass is 16.2. The van der Waals surface area contributed by atoms with Crippen molar-refractivity contribution in [2.24, 2.45) is 5.73 Å². The summed E-state index contributed by atoms with van der Waals surface area (Å²) in [7, 11) is 0. The van der Waals surface area contributed by atoms with Gasteiger partial charge in [0.1, 0.15) is 0 Å². The second kappa shape index (κ2) is 5.98. The summed E-state index contributed by atoms with van der Waals surface area (Å²) >= 11 is 0. The fraction of sp³-hybridized carbons (Fsp3) is 0.133. The van der Waals surface area contributed by atoms with Gasteiger partial charge in [0, 0.05) is 24.3 Å². The first-order chi connectivity index (χ1) is 8.83. The molecule has 0 saturated heterocycles.